The van der Waals surface area contributed by atoms with E-state index < -0.39 is 0 Å². The van der Waals surface area contributed by atoms with Gasteiger partial charge in [0.1, 0.15) is 0 Å². The molecule has 0 aliphatic rings. The highest BCUT2D eigenvalue weighted by molar-refractivity contribution is 9.10. The molecule has 0 aliphatic carbocycles. The van der Waals surface area contributed by atoms with Gasteiger partial charge in [-0.3, -0.25) is 10.1 Å². The van der Waals surface area contributed by atoms with Crippen LogP contribution in [0.15, 0.2) is 47.2 Å². The summed E-state index contributed by atoms with van der Waals surface area (Å²) in [6.45, 7) is 0. The number of anilines is 1. The van der Waals surface area contributed by atoms with E-state index in [2.05, 4.69) is 31.1 Å². The van der Waals surface area contributed by atoms with Gasteiger partial charge < -0.3 is 5.73 Å². The van der Waals surface area contributed by atoms with E-state index in [0.29, 0.717) is 10.8 Å². The molecule has 1 aromatic carbocycles. The van der Waals surface area contributed by atoms with E-state index in [4.69, 9.17) is 17.3 Å². The fourth-order valence-electron chi connectivity index (χ4n) is 2.05. The summed E-state index contributed by atoms with van der Waals surface area (Å²) in [4.78, 5) is 4.12. The molecule has 3 aromatic rings. The van der Waals surface area contributed by atoms with Crippen LogP contribution in [0.3, 0.4) is 0 Å². The molecule has 0 radical (unpaired) electrons. The molecule has 0 bridgehead atoms. The predicted molar refractivity (Wildman–Crippen MR) is 84.4 cm³/mol. The fourth-order valence-corrected chi connectivity index (χ4v) is 2.64. The number of aromatic nitrogens is 3. The molecule has 0 unspecified atom stereocenters. The van der Waals surface area contributed by atoms with Crippen molar-refractivity contribution in [1.29, 1.82) is 0 Å². The zero-order chi connectivity index (χ0) is 14.1. The molecule has 2 heterocycles. The first kappa shape index (κ1) is 13.1. The van der Waals surface area contributed by atoms with E-state index in [9.17, 15) is 0 Å². The Kier molecular flexibility index (Phi) is 3.46. The second-order valence-corrected chi connectivity index (χ2v) is 5.43. The molecule has 0 atom stereocenters. The van der Waals surface area contributed by atoms with Gasteiger partial charge >= 0.3 is 0 Å². The maximum Gasteiger partial charge on any atom is 0.153 e. The number of nitrogens with zero attached hydrogens (tertiary/aromatic N) is 2. The Morgan fingerprint density at radius 3 is 2.80 bits per heavy atom. The van der Waals surface area contributed by atoms with Crippen molar-refractivity contribution in [2.24, 2.45) is 0 Å². The summed E-state index contributed by atoms with van der Waals surface area (Å²) in [5.74, 6) is 0.420. The second-order valence-electron chi connectivity index (χ2n) is 4.20. The second kappa shape index (κ2) is 5.26. The molecule has 20 heavy (non-hydrogen) atoms. The van der Waals surface area contributed by atoms with Crippen LogP contribution in [0.1, 0.15) is 0 Å². The zero-order valence-electron chi connectivity index (χ0n) is 10.3. The fraction of sp³-hybridized carbons (Fsp3) is 0. The van der Waals surface area contributed by atoms with E-state index in [0.717, 1.165) is 26.9 Å². The molecule has 0 aliphatic heterocycles. The summed E-state index contributed by atoms with van der Waals surface area (Å²) in [7, 11) is 0. The molecule has 0 saturated heterocycles. The lowest BCUT2D eigenvalue weighted by molar-refractivity contribution is 1.10. The number of H-pyrrole nitrogens is 1. The highest BCUT2D eigenvalue weighted by Crippen LogP contribution is 2.39. The molecular formula is C14H10BrClN4. The van der Waals surface area contributed by atoms with Crippen LogP contribution in [-0.2, 0) is 0 Å². The van der Waals surface area contributed by atoms with Crippen LogP contribution in [0, 0.1) is 0 Å². The quantitative estimate of drug-likeness (QED) is 0.730. The SMILES string of the molecule is Nc1n[nH]c(-c2cccc(Br)c2Cl)c1-c1cccnc1. The van der Waals surface area contributed by atoms with Crippen molar-refractivity contribution in [3.05, 3.63) is 52.2 Å². The van der Waals surface area contributed by atoms with Gasteiger partial charge in [0.05, 0.1) is 16.3 Å². The average Bonchev–Trinajstić information content (AvgIpc) is 2.84. The lowest BCUT2D eigenvalue weighted by atomic mass is 10.0. The number of hydrogen-bond donors (Lipinski definition) is 2. The first-order valence-corrected chi connectivity index (χ1v) is 7.04. The van der Waals surface area contributed by atoms with Crippen LogP contribution in [0.5, 0.6) is 0 Å². The van der Waals surface area contributed by atoms with Gasteiger partial charge in [-0.1, -0.05) is 29.8 Å². The topological polar surface area (TPSA) is 67.6 Å². The lowest BCUT2D eigenvalue weighted by Gasteiger charge is -2.07. The number of halogens is 2. The molecule has 2 aromatic heterocycles. The number of nitrogens with one attached hydrogen (secondary N) is 1. The number of nitrogens with two attached hydrogens (primary N) is 1. The third kappa shape index (κ3) is 2.19. The van der Waals surface area contributed by atoms with Crippen molar-refractivity contribution < 1.29 is 0 Å². The number of hydrogen-bond acceptors (Lipinski definition) is 3. The van der Waals surface area contributed by atoms with Gasteiger partial charge in [-0.05, 0) is 28.1 Å². The van der Waals surface area contributed by atoms with E-state index in [1.54, 1.807) is 12.4 Å². The minimum atomic E-state index is 0.420. The van der Waals surface area contributed by atoms with E-state index >= 15 is 0 Å². The molecule has 6 heteroatoms. The van der Waals surface area contributed by atoms with Gasteiger partial charge in [-0.2, -0.15) is 5.10 Å². The smallest absolute Gasteiger partial charge is 0.153 e. The third-order valence-corrected chi connectivity index (χ3v) is 4.26. The minimum Gasteiger partial charge on any atom is -0.382 e. The van der Waals surface area contributed by atoms with Crippen molar-refractivity contribution in [3.63, 3.8) is 0 Å². The maximum absolute atomic E-state index is 6.35. The summed E-state index contributed by atoms with van der Waals surface area (Å²) < 4.78 is 0.821. The summed E-state index contributed by atoms with van der Waals surface area (Å²) in [6, 6.07) is 9.50. The molecule has 0 spiro atoms. The Balaban J connectivity index is 2.24. The molecule has 0 fully saturated rings. The van der Waals surface area contributed by atoms with Crippen molar-refractivity contribution in [2.75, 3.05) is 5.73 Å². The van der Waals surface area contributed by atoms with Gasteiger partial charge in [0, 0.05) is 28.0 Å². The van der Waals surface area contributed by atoms with Crippen LogP contribution in [-0.4, -0.2) is 15.2 Å². The van der Waals surface area contributed by atoms with E-state index in [-0.39, 0.29) is 0 Å². The normalized spacial score (nSPS) is 10.7. The Hall–Kier alpha value is -1.85. The number of benzene rings is 1. The summed E-state index contributed by atoms with van der Waals surface area (Å²) in [5, 5.41) is 7.65. The summed E-state index contributed by atoms with van der Waals surface area (Å²) >= 11 is 9.77. The van der Waals surface area contributed by atoms with Gasteiger partial charge in [-0.25, -0.2) is 0 Å². The van der Waals surface area contributed by atoms with E-state index in [1.165, 1.54) is 0 Å². The van der Waals surface area contributed by atoms with Gasteiger partial charge in [-0.15, -0.1) is 0 Å². The number of pyridine rings is 1. The van der Waals surface area contributed by atoms with Gasteiger partial charge in [0.2, 0.25) is 0 Å². The molecule has 0 amide bonds. The van der Waals surface area contributed by atoms with Crippen LogP contribution >= 0.6 is 27.5 Å². The molecule has 4 nitrogen and oxygen atoms in total. The Labute approximate surface area is 129 Å². The summed E-state index contributed by atoms with van der Waals surface area (Å²) in [5.41, 5.74) is 9.29. The maximum atomic E-state index is 6.35. The van der Waals surface area contributed by atoms with Crippen molar-refractivity contribution in [2.45, 2.75) is 0 Å². The number of rotatable bonds is 2. The van der Waals surface area contributed by atoms with Crippen molar-refractivity contribution in [3.8, 4) is 22.4 Å². The number of nitrogen functional groups attached to an aromatic ring is 1. The zero-order valence-corrected chi connectivity index (χ0v) is 12.6. The molecule has 100 valence electrons. The van der Waals surface area contributed by atoms with Gasteiger partial charge in [0.25, 0.3) is 0 Å². The third-order valence-electron chi connectivity index (χ3n) is 2.97. The predicted octanol–water partition coefficient (Wildman–Crippen LogP) is 4.14. The van der Waals surface area contributed by atoms with Crippen LogP contribution in [0.2, 0.25) is 5.02 Å². The number of aromatic amines is 1. The minimum absolute atomic E-state index is 0.420. The largest absolute Gasteiger partial charge is 0.382 e. The molecular weight excluding hydrogens is 340 g/mol. The van der Waals surface area contributed by atoms with Crippen molar-refractivity contribution in [1.82, 2.24) is 15.2 Å². The molecule has 3 rings (SSSR count). The monoisotopic (exact) mass is 348 g/mol. The summed E-state index contributed by atoms with van der Waals surface area (Å²) in [6.07, 6.45) is 3.46. The molecule has 0 saturated carbocycles. The first-order chi connectivity index (χ1) is 9.68. The lowest BCUT2D eigenvalue weighted by Crippen LogP contribution is -1.89. The first-order valence-electron chi connectivity index (χ1n) is 5.87. The van der Waals surface area contributed by atoms with Crippen molar-refractivity contribution >= 4 is 33.3 Å². The Morgan fingerprint density at radius 1 is 1.20 bits per heavy atom. The standard InChI is InChI=1S/C14H10BrClN4/c15-10-5-1-4-9(12(10)16)13-11(14(17)20-19-13)8-3-2-6-18-7-8/h1-7H,(H3,17,19,20). The van der Waals surface area contributed by atoms with Crippen LogP contribution in [0.25, 0.3) is 22.4 Å². The Morgan fingerprint density at radius 2 is 2.05 bits per heavy atom. The van der Waals surface area contributed by atoms with Gasteiger partial charge in [0.15, 0.2) is 5.82 Å². The Bertz CT molecular complexity index is 755. The highest BCUT2D eigenvalue weighted by Gasteiger charge is 2.17. The van der Waals surface area contributed by atoms with E-state index in [1.807, 2.05) is 30.3 Å². The molecule has 3 N–H and O–H groups in total. The van der Waals surface area contributed by atoms with Crippen LogP contribution in [0.4, 0.5) is 5.82 Å². The van der Waals surface area contributed by atoms with Crippen LogP contribution < -0.4 is 5.73 Å². The highest BCUT2D eigenvalue weighted by atomic mass is 79.9. The average molecular weight is 350 g/mol.